The van der Waals surface area contributed by atoms with Crippen molar-refractivity contribution in [2.75, 3.05) is 6.61 Å². The molecule has 1 amide bonds. The van der Waals surface area contributed by atoms with Crippen molar-refractivity contribution in [3.05, 3.63) is 12.3 Å². The summed E-state index contributed by atoms with van der Waals surface area (Å²) in [6, 6.07) is -0.862. The van der Waals surface area contributed by atoms with Gasteiger partial charge in [0.05, 0.1) is 12.4 Å². The number of nitrogens with one attached hydrogen (secondary N) is 1. The third kappa shape index (κ3) is 8.93. The lowest BCUT2D eigenvalue weighted by Crippen LogP contribution is -2.44. The highest BCUT2D eigenvalue weighted by atomic mass is 16.6. The highest BCUT2D eigenvalue weighted by Gasteiger charge is 2.25. The van der Waals surface area contributed by atoms with Gasteiger partial charge < -0.3 is 19.9 Å². The van der Waals surface area contributed by atoms with Gasteiger partial charge in [0.2, 0.25) is 0 Å². The fourth-order valence-corrected chi connectivity index (χ4v) is 1.25. The summed E-state index contributed by atoms with van der Waals surface area (Å²) in [5.41, 5.74) is -0.649. The third-order valence-corrected chi connectivity index (χ3v) is 1.98. The second kappa shape index (κ2) is 7.66. The maximum absolute atomic E-state index is 11.7. The maximum atomic E-state index is 11.7. The molecule has 0 radical (unpaired) electrons. The average Bonchev–Trinajstić information content (AvgIpc) is 2.21. The van der Waals surface area contributed by atoms with Crippen molar-refractivity contribution in [2.45, 2.75) is 52.2 Å². The van der Waals surface area contributed by atoms with E-state index < -0.39 is 23.7 Å². The average molecular weight is 273 g/mol. The van der Waals surface area contributed by atoms with Gasteiger partial charge in [-0.05, 0) is 34.1 Å². The molecule has 0 aromatic carbocycles. The van der Waals surface area contributed by atoms with Gasteiger partial charge in [-0.2, -0.15) is 0 Å². The highest BCUT2D eigenvalue weighted by Crippen LogP contribution is 2.09. The Balaban J connectivity index is 4.52. The maximum Gasteiger partial charge on any atom is 0.408 e. The van der Waals surface area contributed by atoms with E-state index in [1.165, 1.54) is 0 Å². The molecule has 6 heteroatoms. The van der Waals surface area contributed by atoms with E-state index in [0.717, 1.165) is 0 Å². The second-order valence-corrected chi connectivity index (χ2v) is 5.06. The van der Waals surface area contributed by atoms with Crippen LogP contribution in [-0.4, -0.2) is 35.4 Å². The van der Waals surface area contributed by atoms with Gasteiger partial charge in [-0.1, -0.05) is 6.58 Å². The molecule has 0 aliphatic heterocycles. The number of carbonyl (C=O) groups excluding carboxylic acids is 2. The summed E-state index contributed by atoms with van der Waals surface area (Å²) < 4.78 is 9.91. The van der Waals surface area contributed by atoms with Gasteiger partial charge in [-0.25, -0.2) is 9.59 Å². The Bertz CT molecular complexity index is 332. The van der Waals surface area contributed by atoms with E-state index in [2.05, 4.69) is 11.9 Å². The summed E-state index contributed by atoms with van der Waals surface area (Å²) in [5.74, 6) is -0.616. The number of hydrogen-bond acceptors (Lipinski definition) is 5. The number of allylic oxidation sites excluding steroid dienone is 1. The third-order valence-electron chi connectivity index (χ3n) is 1.98. The van der Waals surface area contributed by atoms with Gasteiger partial charge in [-0.15, -0.1) is 0 Å². The molecule has 0 saturated heterocycles. The summed E-state index contributed by atoms with van der Waals surface area (Å²) in [7, 11) is 0. The highest BCUT2D eigenvalue weighted by molar-refractivity contribution is 5.81. The number of aliphatic hydroxyl groups excluding tert-OH is 1. The molecule has 2 N–H and O–H groups in total. The van der Waals surface area contributed by atoms with Crippen LogP contribution in [0.5, 0.6) is 0 Å². The van der Waals surface area contributed by atoms with Crippen LogP contribution in [0.25, 0.3) is 0 Å². The van der Waals surface area contributed by atoms with Crippen molar-refractivity contribution in [3.63, 3.8) is 0 Å². The first-order valence-corrected chi connectivity index (χ1v) is 6.18. The van der Waals surface area contributed by atoms with Crippen molar-refractivity contribution in [1.82, 2.24) is 5.32 Å². The quantitative estimate of drug-likeness (QED) is 0.573. The van der Waals surface area contributed by atoms with Crippen LogP contribution in [0, 0.1) is 0 Å². The molecule has 1 atom stereocenters. The van der Waals surface area contributed by atoms with Crippen LogP contribution in [-0.2, 0) is 14.3 Å². The van der Waals surface area contributed by atoms with Crippen LogP contribution in [0.1, 0.15) is 40.5 Å². The van der Waals surface area contributed by atoms with Crippen LogP contribution in [0.15, 0.2) is 12.3 Å². The molecule has 0 aliphatic carbocycles. The van der Waals surface area contributed by atoms with Gasteiger partial charge >= 0.3 is 12.1 Å². The van der Waals surface area contributed by atoms with Crippen LogP contribution in [0.3, 0.4) is 0 Å². The zero-order valence-corrected chi connectivity index (χ0v) is 12.0. The molecule has 0 saturated carbocycles. The minimum Gasteiger partial charge on any atom is -0.513 e. The largest absolute Gasteiger partial charge is 0.513 e. The fourth-order valence-electron chi connectivity index (χ4n) is 1.25. The summed E-state index contributed by atoms with van der Waals surface area (Å²) in [5, 5.41) is 11.5. The number of amides is 1. The molecule has 0 heterocycles. The monoisotopic (exact) mass is 273 g/mol. The van der Waals surface area contributed by atoms with Gasteiger partial charge in [0.25, 0.3) is 0 Å². The van der Waals surface area contributed by atoms with E-state index in [4.69, 9.17) is 14.6 Å². The molecule has 0 unspecified atom stereocenters. The number of ether oxygens (including phenoxy) is 2. The second-order valence-electron chi connectivity index (χ2n) is 5.06. The molecule has 0 bridgehead atoms. The van der Waals surface area contributed by atoms with E-state index >= 15 is 0 Å². The van der Waals surface area contributed by atoms with Crippen LogP contribution >= 0.6 is 0 Å². The van der Waals surface area contributed by atoms with Crippen molar-refractivity contribution in [3.8, 4) is 0 Å². The first kappa shape index (κ1) is 17.3. The van der Waals surface area contributed by atoms with Gasteiger partial charge in [0.1, 0.15) is 11.6 Å². The zero-order chi connectivity index (χ0) is 15.1. The summed E-state index contributed by atoms with van der Waals surface area (Å²) in [6.45, 7) is 10.4. The molecular weight excluding hydrogens is 250 g/mol. The molecule has 110 valence electrons. The number of esters is 1. The lowest BCUT2D eigenvalue weighted by molar-refractivity contribution is -0.145. The smallest absolute Gasteiger partial charge is 0.408 e. The Morgan fingerprint density at radius 2 is 1.95 bits per heavy atom. The van der Waals surface area contributed by atoms with Gasteiger partial charge in [-0.3, -0.25) is 0 Å². The first-order valence-electron chi connectivity index (χ1n) is 6.18. The van der Waals surface area contributed by atoms with E-state index in [-0.39, 0.29) is 25.2 Å². The van der Waals surface area contributed by atoms with Gasteiger partial charge in [0, 0.05) is 6.42 Å². The number of hydrogen-bond donors (Lipinski definition) is 2. The predicted octanol–water partition coefficient (Wildman–Crippen LogP) is 2.29. The van der Waals surface area contributed by atoms with Crippen molar-refractivity contribution >= 4 is 12.1 Å². The van der Waals surface area contributed by atoms with Crippen molar-refractivity contribution in [2.24, 2.45) is 0 Å². The molecule has 0 aromatic heterocycles. The summed E-state index contributed by atoms with van der Waals surface area (Å²) in [4.78, 5) is 23.2. The molecule has 0 aliphatic rings. The van der Waals surface area contributed by atoms with Crippen LogP contribution < -0.4 is 5.32 Å². The molecule has 0 spiro atoms. The van der Waals surface area contributed by atoms with E-state index in [9.17, 15) is 9.59 Å². The lowest BCUT2D eigenvalue weighted by Gasteiger charge is -2.22. The number of carbonyl (C=O) groups is 2. The predicted molar refractivity (Wildman–Crippen MR) is 70.8 cm³/mol. The molecule has 0 rings (SSSR count). The fraction of sp³-hybridized carbons (Fsp3) is 0.692. The Morgan fingerprint density at radius 3 is 2.37 bits per heavy atom. The van der Waals surface area contributed by atoms with E-state index in [0.29, 0.717) is 0 Å². The van der Waals surface area contributed by atoms with E-state index in [1.807, 2.05) is 0 Å². The zero-order valence-electron chi connectivity index (χ0n) is 12.0. The van der Waals surface area contributed by atoms with Gasteiger partial charge in [0.15, 0.2) is 0 Å². The minimum atomic E-state index is -0.862. The van der Waals surface area contributed by atoms with E-state index in [1.54, 1.807) is 27.7 Å². The Labute approximate surface area is 113 Å². The lowest BCUT2D eigenvalue weighted by atomic mass is 10.1. The molecule has 6 nitrogen and oxygen atoms in total. The van der Waals surface area contributed by atoms with Crippen molar-refractivity contribution < 1.29 is 24.2 Å². The number of aliphatic hydroxyl groups is 1. The minimum absolute atomic E-state index is 0.0553. The molecular formula is C13H23NO5. The Morgan fingerprint density at radius 1 is 1.37 bits per heavy atom. The summed E-state index contributed by atoms with van der Waals surface area (Å²) >= 11 is 0. The van der Waals surface area contributed by atoms with Crippen molar-refractivity contribution in [1.29, 1.82) is 0 Å². The number of alkyl carbamates (subject to hydrolysis) is 1. The normalized spacial score (nSPS) is 12.4. The van der Waals surface area contributed by atoms with Crippen LogP contribution in [0.2, 0.25) is 0 Å². The SMILES string of the molecule is C=C(O)CC[C@H](NC(=O)OC(C)(C)C)C(=O)OCC. The van der Waals surface area contributed by atoms with Crippen LogP contribution in [0.4, 0.5) is 4.79 Å². The topological polar surface area (TPSA) is 84.9 Å². The molecule has 0 aromatic rings. The Hall–Kier alpha value is -1.72. The molecule has 19 heavy (non-hydrogen) atoms. The standard InChI is InChI=1S/C13H23NO5/c1-6-18-11(16)10(8-7-9(2)15)14-12(17)19-13(3,4)5/h10,15H,2,6-8H2,1,3-5H3,(H,14,17)/t10-/m0/s1. The summed E-state index contributed by atoms with van der Waals surface area (Å²) in [6.07, 6.45) is -0.304. The first-order chi connectivity index (χ1) is 8.65. The Kier molecular flexibility index (Phi) is 6.96. The number of rotatable bonds is 6. The molecule has 0 fully saturated rings.